The maximum absolute atomic E-state index is 12.7. The summed E-state index contributed by atoms with van der Waals surface area (Å²) in [5.74, 6) is 0.327. The molecular formula is C16H22F3N3O. The third-order valence-corrected chi connectivity index (χ3v) is 3.86. The topological polar surface area (TPSA) is 45.2 Å². The molecule has 1 N–H and O–H groups in total. The van der Waals surface area contributed by atoms with Gasteiger partial charge in [-0.25, -0.2) is 4.98 Å². The van der Waals surface area contributed by atoms with Crippen LogP contribution >= 0.6 is 0 Å². The van der Waals surface area contributed by atoms with Crippen LogP contribution in [-0.2, 0) is 11.0 Å². The van der Waals surface area contributed by atoms with E-state index in [0.29, 0.717) is 31.7 Å². The number of rotatable bonds is 2. The number of halogens is 3. The lowest BCUT2D eigenvalue weighted by atomic mass is 9.94. The maximum Gasteiger partial charge on any atom is 0.433 e. The van der Waals surface area contributed by atoms with Crippen molar-refractivity contribution in [2.45, 2.75) is 45.8 Å². The molecule has 1 aromatic rings. The predicted octanol–water partition coefficient (Wildman–Crippen LogP) is 3.23. The van der Waals surface area contributed by atoms with E-state index >= 15 is 0 Å². The van der Waals surface area contributed by atoms with Crippen LogP contribution in [0.25, 0.3) is 0 Å². The molecule has 2 heterocycles. The van der Waals surface area contributed by atoms with E-state index in [1.54, 1.807) is 6.07 Å². The summed E-state index contributed by atoms with van der Waals surface area (Å²) in [6, 6.07) is 3.99. The summed E-state index contributed by atoms with van der Waals surface area (Å²) in [5, 5.41) is 3.00. The summed E-state index contributed by atoms with van der Waals surface area (Å²) in [7, 11) is 0. The molecular weight excluding hydrogens is 307 g/mol. The van der Waals surface area contributed by atoms with Crippen molar-refractivity contribution in [3.05, 3.63) is 23.9 Å². The summed E-state index contributed by atoms with van der Waals surface area (Å²) < 4.78 is 38.2. The molecule has 0 spiro atoms. The van der Waals surface area contributed by atoms with E-state index in [1.807, 2.05) is 25.7 Å². The highest BCUT2D eigenvalue weighted by Crippen LogP contribution is 2.29. The Morgan fingerprint density at radius 2 is 1.83 bits per heavy atom. The molecule has 0 radical (unpaired) electrons. The number of anilines is 1. The molecule has 2 rings (SSSR count). The van der Waals surface area contributed by atoms with E-state index < -0.39 is 17.3 Å². The van der Waals surface area contributed by atoms with Crippen LogP contribution in [0.15, 0.2) is 18.2 Å². The van der Waals surface area contributed by atoms with E-state index in [2.05, 4.69) is 10.3 Å². The van der Waals surface area contributed by atoms with Gasteiger partial charge in [-0.3, -0.25) is 4.79 Å². The summed E-state index contributed by atoms with van der Waals surface area (Å²) >= 11 is 0. The first-order chi connectivity index (χ1) is 10.6. The molecule has 0 bridgehead atoms. The quantitative estimate of drug-likeness (QED) is 0.906. The van der Waals surface area contributed by atoms with Gasteiger partial charge in [0, 0.05) is 24.5 Å². The van der Waals surface area contributed by atoms with Crippen LogP contribution in [-0.4, -0.2) is 30.0 Å². The number of amides is 1. The van der Waals surface area contributed by atoms with Crippen LogP contribution in [0, 0.1) is 5.41 Å². The first-order valence-corrected chi connectivity index (χ1v) is 7.67. The molecule has 1 fully saturated rings. The number of carbonyl (C=O) groups is 1. The predicted molar refractivity (Wildman–Crippen MR) is 82.1 cm³/mol. The lowest BCUT2D eigenvalue weighted by Gasteiger charge is -2.34. The Labute approximate surface area is 134 Å². The van der Waals surface area contributed by atoms with Gasteiger partial charge in [0.05, 0.1) is 0 Å². The zero-order chi connectivity index (χ0) is 17.3. The van der Waals surface area contributed by atoms with E-state index in [1.165, 1.54) is 6.07 Å². The van der Waals surface area contributed by atoms with Crippen molar-refractivity contribution in [2.75, 3.05) is 18.0 Å². The first-order valence-electron chi connectivity index (χ1n) is 7.67. The molecule has 1 aromatic heterocycles. The Hall–Kier alpha value is -1.79. The second-order valence-electron chi connectivity index (χ2n) is 6.86. The van der Waals surface area contributed by atoms with E-state index in [-0.39, 0.29) is 11.9 Å². The second-order valence-corrected chi connectivity index (χ2v) is 6.86. The van der Waals surface area contributed by atoms with Crippen LogP contribution in [0.3, 0.4) is 0 Å². The number of hydrogen-bond donors (Lipinski definition) is 1. The fourth-order valence-corrected chi connectivity index (χ4v) is 2.41. The first kappa shape index (κ1) is 17.6. The molecule has 1 aliphatic rings. The van der Waals surface area contributed by atoms with Crippen molar-refractivity contribution < 1.29 is 18.0 Å². The Morgan fingerprint density at radius 3 is 2.35 bits per heavy atom. The molecule has 0 saturated carbocycles. The molecule has 23 heavy (non-hydrogen) atoms. The van der Waals surface area contributed by atoms with Gasteiger partial charge >= 0.3 is 6.18 Å². The number of nitrogens with one attached hydrogen (secondary N) is 1. The third-order valence-electron chi connectivity index (χ3n) is 3.86. The summed E-state index contributed by atoms with van der Waals surface area (Å²) in [6.07, 6.45) is -3.05. The Morgan fingerprint density at radius 1 is 1.22 bits per heavy atom. The minimum Gasteiger partial charge on any atom is -0.356 e. The second kappa shape index (κ2) is 6.37. The molecule has 4 nitrogen and oxygen atoms in total. The zero-order valence-electron chi connectivity index (χ0n) is 13.6. The number of aromatic nitrogens is 1. The van der Waals surface area contributed by atoms with Gasteiger partial charge in [-0.1, -0.05) is 26.8 Å². The average Bonchev–Trinajstić information content (AvgIpc) is 2.46. The van der Waals surface area contributed by atoms with Gasteiger partial charge < -0.3 is 10.2 Å². The highest BCUT2D eigenvalue weighted by atomic mass is 19.4. The fraction of sp³-hybridized carbons (Fsp3) is 0.625. The largest absolute Gasteiger partial charge is 0.433 e. The molecule has 0 aromatic carbocycles. The SMILES string of the molecule is CC(C)(C)C(=O)NC1CCN(c2cccc(C(F)(F)F)n2)CC1. The number of alkyl halides is 3. The van der Waals surface area contributed by atoms with Crippen LogP contribution in [0.5, 0.6) is 0 Å². The van der Waals surface area contributed by atoms with Crippen molar-refractivity contribution in [2.24, 2.45) is 5.41 Å². The van der Waals surface area contributed by atoms with Gasteiger partial charge in [0.25, 0.3) is 0 Å². The van der Waals surface area contributed by atoms with Gasteiger partial charge in [0.2, 0.25) is 5.91 Å². The van der Waals surface area contributed by atoms with E-state index in [4.69, 9.17) is 0 Å². The average molecular weight is 329 g/mol. The monoisotopic (exact) mass is 329 g/mol. The molecule has 1 aliphatic heterocycles. The van der Waals surface area contributed by atoms with Crippen LogP contribution in [0.2, 0.25) is 0 Å². The number of carbonyl (C=O) groups excluding carboxylic acids is 1. The van der Waals surface area contributed by atoms with Crippen molar-refractivity contribution in [3.63, 3.8) is 0 Å². The molecule has 0 aliphatic carbocycles. The Bertz CT molecular complexity index is 558. The molecule has 128 valence electrons. The summed E-state index contributed by atoms with van der Waals surface area (Å²) in [6.45, 7) is 6.70. The molecule has 7 heteroatoms. The summed E-state index contributed by atoms with van der Waals surface area (Å²) in [5.41, 5.74) is -1.32. The highest BCUT2D eigenvalue weighted by molar-refractivity contribution is 5.81. The maximum atomic E-state index is 12.7. The number of piperidine rings is 1. The van der Waals surface area contributed by atoms with Gasteiger partial charge in [-0.05, 0) is 25.0 Å². The molecule has 0 atom stereocenters. The highest BCUT2D eigenvalue weighted by Gasteiger charge is 2.33. The standard InChI is InChI=1S/C16H22F3N3O/c1-15(2,3)14(23)20-11-7-9-22(10-8-11)13-6-4-5-12(21-13)16(17,18)19/h4-6,11H,7-10H2,1-3H3,(H,20,23). The van der Waals surface area contributed by atoms with Crippen molar-refractivity contribution in [1.29, 1.82) is 0 Å². The van der Waals surface area contributed by atoms with Crippen LogP contribution < -0.4 is 10.2 Å². The number of nitrogens with zero attached hydrogens (tertiary/aromatic N) is 2. The van der Waals surface area contributed by atoms with Gasteiger partial charge in [0.1, 0.15) is 11.5 Å². The third kappa shape index (κ3) is 4.59. The zero-order valence-corrected chi connectivity index (χ0v) is 13.6. The minimum absolute atomic E-state index is 0.00635. The minimum atomic E-state index is -4.44. The lowest BCUT2D eigenvalue weighted by molar-refractivity contribution is -0.141. The van der Waals surface area contributed by atoms with Crippen molar-refractivity contribution in [3.8, 4) is 0 Å². The smallest absolute Gasteiger partial charge is 0.356 e. The normalized spacial score (nSPS) is 17.2. The molecule has 1 saturated heterocycles. The van der Waals surface area contributed by atoms with Crippen molar-refractivity contribution in [1.82, 2.24) is 10.3 Å². The Balaban J connectivity index is 1.96. The molecule has 0 unspecified atom stereocenters. The number of pyridine rings is 1. The van der Waals surface area contributed by atoms with Gasteiger partial charge in [0.15, 0.2) is 0 Å². The lowest BCUT2D eigenvalue weighted by Crippen LogP contribution is -2.48. The van der Waals surface area contributed by atoms with E-state index in [9.17, 15) is 18.0 Å². The van der Waals surface area contributed by atoms with Crippen LogP contribution in [0.1, 0.15) is 39.3 Å². The van der Waals surface area contributed by atoms with Crippen LogP contribution in [0.4, 0.5) is 19.0 Å². The van der Waals surface area contributed by atoms with Crippen molar-refractivity contribution >= 4 is 11.7 Å². The van der Waals surface area contributed by atoms with Gasteiger partial charge in [-0.15, -0.1) is 0 Å². The number of hydrogen-bond acceptors (Lipinski definition) is 3. The Kier molecular flexibility index (Phi) is 4.87. The molecule has 1 amide bonds. The summed E-state index contributed by atoms with van der Waals surface area (Å²) in [4.78, 5) is 17.5. The van der Waals surface area contributed by atoms with Gasteiger partial charge in [-0.2, -0.15) is 13.2 Å². The fourth-order valence-electron chi connectivity index (χ4n) is 2.41. The van der Waals surface area contributed by atoms with E-state index in [0.717, 1.165) is 6.07 Å².